The molecule has 1 aliphatic rings. The lowest BCUT2D eigenvalue weighted by Gasteiger charge is -2.04. The third-order valence-electron chi connectivity index (χ3n) is 2.71. The van der Waals surface area contributed by atoms with E-state index in [-0.39, 0.29) is 6.04 Å². The molecule has 2 N–H and O–H groups in total. The van der Waals surface area contributed by atoms with Gasteiger partial charge in [0.25, 0.3) is 0 Å². The first kappa shape index (κ1) is 9.51. The molecular weight excluding hydrogens is 224 g/mol. The SMILES string of the molecule is NC(c1nc(-c2cccs2)cs1)C1CC1. The van der Waals surface area contributed by atoms with Crippen LogP contribution in [0.2, 0.25) is 0 Å². The number of rotatable bonds is 3. The van der Waals surface area contributed by atoms with Crippen molar-refractivity contribution in [1.82, 2.24) is 4.98 Å². The zero-order valence-corrected chi connectivity index (χ0v) is 9.85. The Morgan fingerprint density at radius 1 is 1.40 bits per heavy atom. The highest BCUT2D eigenvalue weighted by atomic mass is 32.1. The van der Waals surface area contributed by atoms with Crippen molar-refractivity contribution in [1.29, 1.82) is 0 Å². The summed E-state index contributed by atoms with van der Waals surface area (Å²) >= 11 is 3.42. The van der Waals surface area contributed by atoms with Crippen molar-refractivity contribution in [3.05, 3.63) is 27.9 Å². The summed E-state index contributed by atoms with van der Waals surface area (Å²) in [6, 6.07) is 4.33. The molecule has 0 amide bonds. The maximum atomic E-state index is 6.12. The van der Waals surface area contributed by atoms with Crippen LogP contribution >= 0.6 is 22.7 Å². The van der Waals surface area contributed by atoms with Crippen molar-refractivity contribution in [3.63, 3.8) is 0 Å². The fourth-order valence-corrected chi connectivity index (χ4v) is 3.31. The van der Waals surface area contributed by atoms with Gasteiger partial charge in [-0.2, -0.15) is 0 Å². The van der Waals surface area contributed by atoms with Gasteiger partial charge in [-0.15, -0.1) is 22.7 Å². The smallest absolute Gasteiger partial charge is 0.110 e. The predicted molar refractivity (Wildman–Crippen MR) is 65.1 cm³/mol. The van der Waals surface area contributed by atoms with E-state index in [1.165, 1.54) is 17.7 Å². The van der Waals surface area contributed by atoms with Gasteiger partial charge in [0.1, 0.15) is 5.01 Å². The van der Waals surface area contributed by atoms with Crippen LogP contribution in [0.4, 0.5) is 0 Å². The second kappa shape index (κ2) is 3.70. The van der Waals surface area contributed by atoms with Crippen LogP contribution in [-0.2, 0) is 0 Å². The molecule has 2 nitrogen and oxygen atoms in total. The molecule has 0 saturated heterocycles. The molecule has 3 rings (SSSR count). The Morgan fingerprint density at radius 3 is 2.93 bits per heavy atom. The Hall–Kier alpha value is -0.710. The largest absolute Gasteiger partial charge is 0.322 e. The van der Waals surface area contributed by atoms with Crippen LogP contribution < -0.4 is 5.73 Å². The summed E-state index contributed by atoms with van der Waals surface area (Å²) in [4.78, 5) is 5.85. The summed E-state index contributed by atoms with van der Waals surface area (Å²) < 4.78 is 0. The van der Waals surface area contributed by atoms with Crippen molar-refractivity contribution in [2.45, 2.75) is 18.9 Å². The summed E-state index contributed by atoms with van der Waals surface area (Å²) in [6.45, 7) is 0. The molecule has 1 fully saturated rings. The van der Waals surface area contributed by atoms with E-state index in [2.05, 4.69) is 27.9 Å². The Morgan fingerprint density at radius 2 is 2.27 bits per heavy atom. The highest BCUT2D eigenvalue weighted by molar-refractivity contribution is 7.14. The van der Waals surface area contributed by atoms with E-state index in [1.807, 2.05) is 0 Å². The van der Waals surface area contributed by atoms with E-state index < -0.39 is 0 Å². The standard InChI is InChI=1S/C11H12N2S2/c12-10(7-3-4-7)11-13-8(6-15-11)9-2-1-5-14-9/h1-2,5-7,10H,3-4,12H2. The zero-order valence-electron chi connectivity index (χ0n) is 8.22. The topological polar surface area (TPSA) is 38.9 Å². The van der Waals surface area contributed by atoms with Crippen LogP contribution in [-0.4, -0.2) is 4.98 Å². The van der Waals surface area contributed by atoms with Gasteiger partial charge in [-0.25, -0.2) is 4.98 Å². The van der Waals surface area contributed by atoms with Crippen molar-refractivity contribution >= 4 is 22.7 Å². The van der Waals surface area contributed by atoms with Gasteiger partial charge in [0, 0.05) is 5.38 Å². The van der Waals surface area contributed by atoms with Crippen LogP contribution in [0.15, 0.2) is 22.9 Å². The van der Waals surface area contributed by atoms with Gasteiger partial charge in [0.05, 0.1) is 16.6 Å². The van der Waals surface area contributed by atoms with E-state index in [0.29, 0.717) is 5.92 Å². The summed E-state index contributed by atoms with van der Waals surface area (Å²) in [6.07, 6.45) is 2.55. The number of nitrogens with zero attached hydrogens (tertiary/aromatic N) is 1. The van der Waals surface area contributed by atoms with Gasteiger partial charge in [0.15, 0.2) is 0 Å². The number of nitrogens with two attached hydrogens (primary N) is 1. The second-order valence-corrected chi connectivity index (χ2v) is 5.75. The molecule has 0 radical (unpaired) electrons. The van der Waals surface area contributed by atoms with Crippen molar-refractivity contribution < 1.29 is 0 Å². The molecule has 1 unspecified atom stereocenters. The third-order valence-corrected chi connectivity index (χ3v) is 4.55. The molecule has 1 aliphatic carbocycles. The van der Waals surface area contributed by atoms with Crippen LogP contribution in [0.5, 0.6) is 0 Å². The maximum absolute atomic E-state index is 6.12. The van der Waals surface area contributed by atoms with Crippen LogP contribution in [0.25, 0.3) is 10.6 Å². The predicted octanol–water partition coefficient (Wildman–Crippen LogP) is 3.28. The first-order valence-corrected chi connectivity index (χ1v) is 6.85. The number of aromatic nitrogens is 1. The average Bonchev–Trinajstić information content (AvgIpc) is 2.80. The fourth-order valence-electron chi connectivity index (χ4n) is 1.64. The highest BCUT2D eigenvalue weighted by Crippen LogP contribution is 2.41. The first-order valence-electron chi connectivity index (χ1n) is 5.09. The normalized spacial score (nSPS) is 17.9. The lowest BCUT2D eigenvalue weighted by atomic mass is 10.2. The number of hydrogen-bond acceptors (Lipinski definition) is 4. The van der Waals surface area contributed by atoms with Gasteiger partial charge in [0.2, 0.25) is 0 Å². The minimum Gasteiger partial charge on any atom is -0.322 e. The molecule has 0 spiro atoms. The number of hydrogen-bond donors (Lipinski definition) is 1. The summed E-state index contributed by atoms with van der Waals surface area (Å²) in [5, 5.41) is 5.29. The molecule has 1 atom stereocenters. The van der Waals surface area contributed by atoms with Gasteiger partial charge < -0.3 is 5.73 Å². The van der Waals surface area contributed by atoms with Crippen molar-refractivity contribution in [2.24, 2.45) is 11.7 Å². The average molecular weight is 236 g/mol. The van der Waals surface area contributed by atoms with E-state index in [4.69, 9.17) is 5.73 Å². The molecule has 78 valence electrons. The molecule has 2 heterocycles. The fraction of sp³-hybridized carbons (Fsp3) is 0.364. The Labute approximate surface area is 96.8 Å². The van der Waals surface area contributed by atoms with Gasteiger partial charge in [-0.05, 0) is 30.2 Å². The molecule has 4 heteroatoms. The number of thiophene rings is 1. The molecule has 0 aromatic carbocycles. The lowest BCUT2D eigenvalue weighted by molar-refractivity contribution is 0.629. The Kier molecular flexibility index (Phi) is 2.35. The van der Waals surface area contributed by atoms with Gasteiger partial charge in [-0.1, -0.05) is 6.07 Å². The maximum Gasteiger partial charge on any atom is 0.110 e. The zero-order chi connectivity index (χ0) is 10.3. The first-order chi connectivity index (χ1) is 7.34. The minimum atomic E-state index is 0.170. The molecule has 1 saturated carbocycles. The molecule has 2 aromatic rings. The number of thiazole rings is 1. The van der Waals surface area contributed by atoms with Gasteiger partial charge in [-0.3, -0.25) is 0 Å². The van der Waals surface area contributed by atoms with E-state index >= 15 is 0 Å². The molecule has 15 heavy (non-hydrogen) atoms. The molecule has 2 aromatic heterocycles. The molecule has 0 aliphatic heterocycles. The summed E-state index contributed by atoms with van der Waals surface area (Å²) in [5.74, 6) is 0.687. The lowest BCUT2D eigenvalue weighted by Crippen LogP contribution is -2.11. The second-order valence-electron chi connectivity index (χ2n) is 3.91. The van der Waals surface area contributed by atoms with E-state index in [0.717, 1.165) is 10.7 Å². The van der Waals surface area contributed by atoms with Crippen LogP contribution in [0.3, 0.4) is 0 Å². The third kappa shape index (κ3) is 1.85. The van der Waals surface area contributed by atoms with Crippen LogP contribution in [0, 0.1) is 5.92 Å². The summed E-state index contributed by atoms with van der Waals surface area (Å²) in [7, 11) is 0. The molecular formula is C11H12N2S2. The minimum absolute atomic E-state index is 0.170. The Balaban J connectivity index is 1.87. The monoisotopic (exact) mass is 236 g/mol. The van der Waals surface area contributed by atoms with Crippen LogP contribution in [0.1, 0.15) is 23.9 Å². The van der Waals surface area contributed by atoms with Crippen molar-refractivity contribution in [3.8, 4) is 10.6 Å². The highest BCUT2D eigenvalue weighted by Gasteiger charge is 2.31. The van der Waals surface area contributed by atoms with Gasteiger partial charge >= 0.3 is 0 Å². The quantitative estimate of drug-likeness (QED) is 0.888. The summed E-state index contributed by atoms with van der Waals surface area (Å²) in [5.41, 5.74) is 7.20. The van der Waals surface area contributed by atoms with Crippen molar-refractivity contribution in [2.75, 3.05) is 0 Å². The van der Waals surface area contributed by atoms with E-state index in [9.17, 15) is 0 Å². The van der Waals surface area contributed by atoms with E-state index in [1.54, 1.807) is 22.7 Å². The molecule has 0 bridgehead atoms. The Bertz CT molecular complexity index is 443.